The average molecular weight is 549 g/mol. The van der Waals surface area contributed by atoms with Crippen LogP contribution in [0.3, 0.4) is 0 Å². The van der Waals surface area contributed by atoms with E-state index in [-0.39, 0.29) is 11.9 Å². The molecule has 0 aliphatic heterocycles. The van der Waals surface area contributed by atoms with Gasteiger partial charge < -0.3 is 15.0 Å². The van der Waals surface area contributed by atoms with Gasteiger partial charge in [-0.05, 0) is 64.6 Å². The number of unbranched alkanes of at least 4 members (excludes halogenated alkanes) is 14. The third kappa shape index (κ3) is 29.3. The summed E-state index contributed by atoms with van der Waals surface area (Å²) in [5, 5.41) is 3.11. The van der Waals surface area contributed by atoms with Crippen LogP contribution in [0.2, 0.25) is 0 Å². The number of carbonyl (C=O) groups is 2. The van der Waals surface area contributed by atoms with E-state index < -0.39 is 0 Å². The third-order valence-electron chi connectivity index (χ3n) is 7.15. The number of hydrogen-bond donors (Lipinski definition) is 1. The minimum atomic E-state index is -0.0588. The third-order valence-corrected chi connectivity index (χ3v) is 7.15. The van der Waals surface area contributed by atoms with E-state index in [1.165, 1.54) is 77.2 Å². The Morgan fingerprint density at radius 3 is 1.77 bits per heavy atom. The number of nitrogens with one attached hydrogen (secondary N) is 1. The molecule has 0 bridgehead atoms. The molecule has 39 heavy (non-hydrogen) atoms. The van der Waals surface area contributed by atoms with Gasteiger partial charge in [0.25, 0.3) is 0 Å². The van der Waals surface area contributed by atoms with Crippen molar-refractivity contribution in [2.24, 2.45) is 0 Å². The van der Waals surface area contributed by atoms with Crippen LogP contribution >= 0.6 is 0 Å². The van der Waals surface area contributed by atoms with Crippen molar-refractivity contribution < 1.29 is 14.3 Å². The van der Waals surface area contributed by atoms with E-state index >= 15 is 0 Å². The van der Waals surface area contributed by atoms with Crippen molar-refractivity contribution in [1.29, 1.82) is 0 Å². The molecule has 0 aliphatic rings. The van der Waals surface area contributed by atoms with Gasteiger partial charge in [0, 0.05) is 32.2 Å². The van der Waals surface area contributed by atoms with E-state index in [4.69, 9.17) is 4.74 Å². The van der Waals surface area contributed by atoms with Crippen LogP contribution in [0.25, 0.3) is 0 Å². The number of esters is 1. The minimum Gasteiger partial charge on any atom is -0.466 e. The smallest absolute Gasteiger partial charge is 0.305 e. The van der Waals surface area contributed by atoms with Crippen molar-refractivity contribution in [3.05, 3.63) is 0 Å². The zero-order valence-corrected chi connectivity index (χ0v) is 26.3. The van der Waals surface area contributed by atoms with Gasteiger partial charge in [-0.2, -0.15) is 0 Å². The van der Waals surface area contributed by atoms with Gasteiger partial charge >= 0.3 is 5.97 Å². The molecule has 0 heterocycles. The predicted molar refractivity (Wildman–Crippen MR) is 167 cm³/mol. The largest absolute Gasteiger partial charge is 0.466 e. The Morgan fingerprint density at radius 1 is 0.590 bits per heavy atom. The molecule has 1 N–H and O–H groups in total. The Hall–Kier alpha value is -1.54. The summed E-state index contributed by atoms with van der Waals surface area (Å²) in [6, 6.07) is 0. The van der Waals surface area contributed by atoms with Crippen molar-refractivity contribution in [2.45, 2.75) is 162 Å². The van der Waals surface area contributed by atoms with Crippen LogP contribution in [-0.2, 0) is 14.3 Å². The van der Waals surface area contributed by atoms with Gasteiger partial charge in [0.05, 0.1) is 6.61 Å². The normalized spacial score (nSPS) is 10.9. The van der Waals surface area contributed by atoms with Gasteiger partial charge in [-0.25, -0.2) is 0 Å². The summed E-state index contributed by atoms with van der Waals surface area (Å²) in [4.78, 5) is 26.5. The van der Waals surface area contributed by atoms with Gasteiger partial charge in [-0.3, -0.25) is 9.59 Å². The van der Waals surface area contributed by atoms with Crippen LogP contribution in [-0.4, -0.2) is 49.6 Å². The molecule has 0 fully saturated rings. The first-order valence-electron chi connectivity index (χ1n) is 16.7. The maximum absolute atomic E-state index is 12.0. The summed E-state index contributed by atoms with van der Waals surface area (Å²) < 4.78 is 5.34. The second-order valence-electron chi connectivity index (χ2n) is 11.1. The molecular weight excluding hydrogens is 484 g/mol. The summed E-state index contributed by atoms with van der Waals surface area (Å²) in [6.45, 7) is 11.3. The lowest BCUT2D eigenvalue weighted by atomic mass is 10.1. The van der Waals surface area contributed by atoms with E-state index in [1.54, 1.807) is 0 Å². The fourth-order valence-electron chi connectivity index (χ4n) is 4.60. The first-order chi connectivity index (χ1) is 19.1. The summed E-state index contributed by atoms with van der Waals surface area (Å²) in [6.07, 6.45) is 24.1. The Morgan fingerprint density at radius 2 is 1.10 bits per heavy atom. The van der Waals surface area contributed by atoms with E-state index in [9.17, 15) is 9.59 Å². The molecule has 0 rings (SSSR count). The Balaban J connectivity index is 3.95. The lowest BCUT2D eigenvalue weighted by Crippen LogP contribution is -2.31. The summed E-state index contributed by atoms with van der Waals surface area (Å²) in [5.41, 5.74) is 0. The van der Waals surface area contributed by atoms with Gasteiger partial charge in [-0.1, -0.05) is 91.4 Å². The standard InChI is InChI=1S/C34H64N2O3/c1-4-7-10-12-14-19-24-32-39-34(38)27-21-16-15-18-23-30-36(29-22-17-13-11-8-5-2)31-25-28-35-33(37)26-20-9-6-3/h4-11,13,15-32H2,1-3H3,(H,35,37). The van der Waals surface area contributed by atoms with Gasteiger partial charge in [0.15, 0.2) is 0 Å². The quantitative estimate of drug-likeness (QED) is 0.0604. The van der Waals surface area contributed by atoms with E-state index in [1.807, 2.05) is 0 Å². The molecule has 0 aromatic carbocycles. The second kappa shape index (κ2) is 31.0. The number of amides is 1. The van der Waals surface area contributed by atoms with Crippen LogP contribution in [0.15, 0.2) is 0 Å². The predicted octanol–water partition coefficient (Wildman–Crippen LogP) is 8.59. The van der Waals surface area contributed by atoms with E-state index in [2.05, 4.69) is 42.8 Å². The molecule has 0 aromatic heterocycles. The first kappa shape index (κ1) is 37.5. The van der Waals surface area contributed by atoms with E-state index in [0.717, 1.165) is 77.4 Å². The van der Waals surface area contributed by atoms with Crippen LogP contribution in [0.4, 0.5) is 0 Å². The van der Waals surface area contributed by atoms with Gasteiger partial charge in [0.1, 0.15) is 0 Å². The van der Waals surface area contributed by atoms with Crippen LogP contribution < -0.4 is 5.32 Å². The van der Waals surface area contributed by atoms with Crippen molar-refractivity contribution in [3.63, 3.8) is 0 Å². The topological polar surface area (TPSA) is 58.6 Å². The Labute approximate surface area is 243 Å². The number of rotatable bonds is 28. The summed E-state index contributed by atoms with van der Waals surface area (Å²) >= 11 is 0. The molecular formula is C34H64N2O3. The highest BCUT2D eigenvalue weighted by atomic mass is 16.5. The molecule has 0 aromatic rings. The molecule has 5 nitrogen and oxygen atoms in total. The molecule has 0 spiro atoms. The van der Waals surface area contributed by atoms with Crippen molar-refractivity contribution in [2.75, 3.05) is 32.8 Å². The van der Waals surface area contributed by atoms with Crippen molar-refractivity contribution in [3.8, 4) is 11.8 Å². The van der Waals surface area contributed by atoms with Gasteiger partial charge in [-0.15, -0.1) is 11.8 Å². The summed E-state index contributed by atoms with van der Waals surface area (Å²) in [7, 11) is 0. The maximum atomic E-state index is 12.0. The lowest BCUT2D eigenvalue weighted by molar-refractivity contribution is -0.143. The fraction of sp³-hybridized carbons (Fsp3) is 0.882. The van der Waals surface area contributed by atoms with Crippen molar-refractivity contribution in [1.82, 2.24) is 10.2 Å². The highest BCUT2D eigenvalue weighted by molar-refractivity contribution is 5.75. The Kier molecular flexibility index (Phi) is 29.8. The molecule has 5 heteroatoms. The maximum Gasteiger partial charge on any atom is 0.305 e. The molecule has 0 radical (unpaired) electrons. The van der Waals surface area contributed by atoms with Crippen LogP contribution in [0.1, 0.15) is 162 Å². The fourth-order valence-corrected chi connectivity index (χ4v) is 4.60. The zero-order chi connectivity index (χ0) is 28.7. The van der Waals surface area contributed by atoms with Crippen molar-refractivity contribution >= 4 is 11.9 Å². The average Bonchev–Trinajstić information content (AvgIpc) is 2.93. The number of carbonyl (C=O) groups excluding carboxylic acids is 2. The Bertz CT molecular complexity index is 611. The minimum absolute atomic E-state index is 0.0588. The second-order valence-corrected chi connectivity index (χ2v) is 11.1. The van der Waals surface area contributed by atoms with Crippen LogP contribution in [0.5, 0.6) is 0 Å². The zero-order valence-electron chi connectivity index (χ0n) is 26.3. The lowest BCUT2D eigenvalue weighted by Gasteiger charge is -2.22. The molecule has 0 atom stereocenters. The highest BCUT2D eigenvalue weighted by Crippen LogP contribution is 2.10. The molecule has 0 unspecified atom stereocenters. The molecule has 228 valence electrons. The molecule has 0 aliphatic carbocycles. The monoisotopic (exact) mass is 548 g/mol. The molecule has 1 amide bonds. The molecule has 0 saturated carbocycles. The number of hydrogen-bond acceptors (Lipinski definition) is 4. The van der Waals surface area contributed by atoms with E-state index in [0.29, 0.717) is 19.4 Å². The summed E-state index contributed by atoms with van der Waals surface area (Å²) in [5.74, 6) is 6.49. The highest BCUT2D eigenvalue weighted by Gasteiger charge is 2.07. The number of nitrogens with zero attached hydrogens (tertiary/aromatic N) is 1. The van der Waals surface area contributed by atoms with Crippen LogP contribution in [0, 0.1) is 11.8 Å². The molecule has 0 saturated heterocycles. The van der Waals surface area contributed by atoms with Gasteiger partial charge in [0.2, 0.25) is 5.91 Å². The number of ether oxygens (including phenoxy) is 1. The SMILES string of the molecule is CCCCC#CCCCOC(=O)CCCCCCCN(CCCCCCCC)CCCNC(=O)CCCCC. The first-order valence-corrected chi connectivity index (χ1v) is 16.7.